The molecule has 0 saturated heterocycles. The predicted molar refractivity (Wildman–Crippen MR) is 49.4 cm³/mol. The Labute approximate surface area is 81.9 Å². The average molecular weight is 215 g/mol. The van der Waals surface area contributed by atoms with Gasteiger partial charge in [-0.15, -0.1) is 23.2 Å². The molecule has 0 aliphatic heterocycles. The van der Waals surface area contributed by atoms with Gasteiger partial charge in [0.1, 0.15) is 6.61 Å². The summed E-state index contributed by atoms with van der Waals surface area (Å²) in [4.78, 5) is 10.5. The third-order valence-electron chi connectivity index (χ3n) is 0.673. The summed E-state index contributed by atoms with van der Waals surface area (Å²) in [7, 11) is 0. The number of hydrogen-bond donors (Lipinski definition) is 1. The van der Waals surface area contributed by atoms with Crippen molar-refractivity contribution in [2.24, 2.45) is 0 Å². The van der Waals surface area contributed by atoms with Crippen LogP contribution in [-0.4, -0.2) is 29.6 Å². The van der Waals surface area contributed by atoms with Crippen molar-refractivity contribution in [2.75, 3.05) is 18.6 Å². The SMILES string of the molecule is C=C(C)C(=O)OCCO.ClCCl. The smallest absolute Gasteiger partial charge is 0.333 e. The fourth-order valence-corrected chi connectivity index (χ4v) is 0.262. The number of carbonyl (C=O) groups excluding carboxylic acids is 1. The Morgan fingerprint density at radius 2 is 2.00 bits per heavy atom. The minimum atomic E-state index is -0.455. The molecule has 3 nitrogen and oxygen atoms in total. The first-order valence-corrected chi connectivity index (χ1v) is 4.22. The van der Waals surface area contributed by atoms with Crippen LogP contribution in [0.25, 0.3) is 0 Å². The number of alkyl halides is 2. The third kappa shape index (κ3) is 12.4. The summed E-state index contributed by atoms with van der Waals surface area (Å²) in [6.45, 7) is 4.81. The number of halogens is 2. The lowest BCUT2D eigenvalue weighted by molar-refractivity contribution is -0.139. The van der Waals surface area contributed by atoms with Crippen molar-refractivity contribution in [1.82, 2.24) is 0 Å². The number of aliphatic hydroxyl groups excluding tert-OH is 1. The second-order valence-electron chi connectivity index (χ2n) is 1.74. The van der Waals surface area contributed by atoms with Crippen LogP contribution >= 0.6 is 23.2 Å². The highest BCUT2D eigenvalue weighted by Crippen LogP contribution is 1.89. The fourth-order valence-electron chi connectivity index (χ4n) is 0.262. The fraction of sp³-hybridized carbons (Fsp3) is 0.571. The summed E-state index contributed by atoms with van der Waals surface area (Å²) in [6, 6.07) is 0. The molecule has 12 heavy (non-hydrogen) atoms. The van der Waals surface area contributed by atoms with Crippen molar-refractivity contribution in [1.29, 1.82) is 0 Å². The molecule has 0 unspecified atom stereocenters. The lowest BCUT2D eigenvalue weighted by atomic mass is 10.4. The van der Waals surface area contributed by atoms with Crippen LogP contribution in [-0.2, 0) is 9.53 Å². The van der Waals surface area contributed by atoms with Gasteiger partial charge >= 0.3 is 5.97 Å². The van der Waals surface area contributed by atoms with E-state index in [0.717, 1.165) is 0 Å². The first-order valence-electron chi connectivity index (χ1n) is 3.15. The Hall–Kier alpha value is -0.250. The zero-order valence-corrected chi connectivity index (χ0v) is 8.36. The van der Waals surface area contributed by atoms with Crippen molar-refractivity contribution < 1.29 is 14.6 Å². The summed E-state index contributed by atoms with van der Waals surface area (Å²) in [5, 5.41) is 8.38. The number of ether oxygens (including phenoxy) is 1. The van der Waals surface area contributed by atoms with Crippen LogP contribution in [0.1, 0.15) is 6.92 Å². The van der Waals surface area contributed by atoms with E-state index in [1.54, 1.807) is 6.92 Å². The molecule has 0 saturated carbocycles. The van der Waals surface area contributed by atoms with Crippen LogP contribution in [0, 0.1) is 0 Å². The zero-order chi connectivity index (χ0) is 9.98. The van der Waals surface area contributed by atoms with Gasteiger partial charge in [-0.2, -0.15) is 0 Å². The van der Waals surface area contributed by atoms with Gasteiger partial charge in [0.05, 0.1) is 11.9 Å². The first kappa shape index (κ1) is 14.3. The highest BCUT2D eigenvalue weighted by Gasteiger charge is 1.99. The van der Waals surface area contributed by atoms with Gasteiger partial charge in [-0.25, -0.2) is 4.79 Å². The minimum Gasteiger partial charge on any atom is -0.460 e. The van der Waals surface area contributed by atoms with Crippen molar-refractivity contribution in [3.8, 4) is 0 Å². The molecule has 0 bridgehead atoms. The summed E-state index contributed by atoms with van der Waals surface area (Å²) in [5.41, 5.74) is 0.350. The summed E-state index contributed by atoms with van der Waals surface area (Å²) >= 11 is 9.53. The second kappa shape index (κ2) is 10.8. The van der Waals surface area contributed by atoms with Gasteiger partial charge in [0, 0.05) is 5.57 Å². The quantitative estimate of drug-likeness (QED) is 0.441. The molecule has 72 valence electrons. The molecule has 0 aliphatic rings. The van der Waals surface area contributed by atoms with E-state index in [1.807, 2.05) is 0 Å². The van der Waals surface area contributed by atoms with Crippen molar-refractivity contribution in [3.63, 3.8) is 0 Å². The number of carbonyl (C=O) groups is 1. The molecule has 0 aromatic carbocycles. The Morgan fingerprint density at radius 3 is 2.25 bits per heavy atom. The molecule has 5 heteroatoms. The second-order valence-corrected chi connectivity index (χ2v) is 2.55. The van der Waals surface area contributed by atoms with Gasteiger partial charge in [0.25, 0.3) is 0 Å². The Morgan fingerprint density at radius 1 is 1.58 bits per heavy atom. The summed E-state index contributed by atoms with van der Waals surface area (Å²) in [6.07, 6.45) is 0. The Kier molecular flexibility index (Phi) is 12.8. The van der Waals surface area contributed by atoms with E-state index in [-0.39, 0.29) is 18.6 Å². The summed E-state index contributed by atoms with van der Waals surface area (Å²) < 4.78 is 4.46. The molecule has 0 spiro atoms. The third-order valence-corrected chi connectivity index (χ3v) is 0.673. The monoisotopic (exact) mass is 214 g/mol. The van der Waals surface area contributed by atoms with E-state index in [0.29, 0.717) is 5.57 Å². The largest absolute Gasteiger partial charge is 0.460 e. The van der Waals surface area contributed by atoms with Crippen molar-refractivity contribution in [3.05, 3.63) is 12.2 Å². The molecule has 0 radical (unpaired) electrons. The van der Waals surface area contributed by atoms with Crippen LogP contribution in [0.3, 0.4) is 0 Å². The van der Waals surface area contributed by atoms with Gasteiger partial charge in [-0.1, -0.05) is 6.58 Å². The van der Waals surface area contributed by atoms with Gasteiger partial charge in [0.2, 0.25) is 0 Å². The topological polar surface area (TPSA) is 46.5 Å². The molecule has 0 aromatic heterocycles. The maximum Gasteiger partial charge on any atom is 0.333 e. The highest BCUT2D eigenvalue weighted by molar-refractivity contribution is 6.40. The minimum absolute atomic E-state index is 0.0473. The number of esters is 1. The van der Waals surface area contributed by atoms with E-state index in [2.05, 4.69) is 11.3 Å². The lowest BCUT2D eigenvalue weighted by Crippen LogP contribution is -2.08. The van der Waals surface area contributed by atoms with Gasteiger partial charge in [-0.3, -0.25) is 0 Å². The van der Waals surface area contributed by atoms with E-state index in [4.69, 9.17) is 28.3 Å². The molecule has 0 aromatic rings. The van der Waals surface area contributed by atoms with Crippen LogP contribution in [0.4, 0.5) is 0 Å². The van der Waals surface area contributed by atoms with Crippen LogP contribution in [0.5, 0.6) is 0 Å². The number of hydrogen-bond acceptors (Lipinski definition) is 3. The van der Waals surface area contributed by atoms with E-state index in [1.165, 1.54) is 0 Å². The molecule has 0 fully saturated rings. The lowest BCUT2D eigenvalue weighted by Gasteiger charge is -1.99. The van der Waals surface area contributed by atoms with Crippen LogP contribution in [0.15, 0.2) is 12.2 Å². The molecule has 0 heterocycles. The molecule has 1 N–H and O–H groups in total. The first-order chi connectivity index (χ1) is 5.59. The molecular weight excluding hydrogens is 203 g/mol. The highest BCUT2D eigenvalue weighted by atomic mass is 35.5. The molecular formula is C7H12Cl2O3. The predicted octanol–water partition coefficient (Wildman–Crippen LogP) is 1.52. The molecule has 0 atom stereocenters. The number of rotatable bonds is 3. The Balaban J connectivity index is 0. The van der Waals surface area contributed by atoms with Crippen molar-refractivity contribution >= 4 is 29.2 Å². The molecule has 0 amide bonds. The van der Waals surface area contributed by atoms with Gasteiger partial charge in [0.15, 0.2) is 0 Å². The summed E-state index contributed by atoms with van der Waals surface area (Å²) in [5.74, 6) is -0.455. The average Bonchev–Trinajstić information content (AvgIpc) is 2.01. The Bertz CT molecular complexity index is 137. The van der Waals surface area contributed by atoms with E-state index < -0.39 is 5.97 Å². The van der Waals surface area contributed by atoms with E-state index in [9.17, 15) is 4.79 Å². The van der Waals surface area contributed by atoms with Crippen molar-refractivity contribution in [2.45, 2.75) is 6.92 Å². The van der Waals surface area contributed by atoms with Gasteiger partial charge < -0.3 is 9.84 Å². The standard InChI is InChI=1S/C6H10O3.CH2Cl2/c1-5(2)6(8)9-4-3-7;2-1-3/h7H,1,3-4H2,2H3;1H2. The van der Waals surface area contributed by atoms with Gasteiger partial charge in [-0.05, 0) is 6.92 Å². The van der Waals surface area contributed by atoms with Crippen LogP contribution in [0.2, 0.25) is 0 Å². The number of aliphatic hydroxyl groups is 1. The molecule has 0 rings (SSSR count). The van der Waals surface area contributed by atoms with E-state index >= 15 is 0 Å². The maximum absolute atomic E-state index is 10.5. The molecule has 0 aliphatic carbocycles. The normalized spacial score (nSPS) is 8.00. The maximum atomic E-state index is 10.5. The zero-order valence-electron chi connectivity index (χ0n) is 6.85. The van der Waals surface area contributed by atoms with Crippen LogP contribution < -0.4 is 0 Å².